The largest absolute Gasteiger partial charge is 0.341 e. The van der Waals surface area contributed by atoms with Gasteiger partial charge in [0.1, 0.15) is 0 Å². The predicted molar refractivity (Wildman–Crippen MR) is 98.1 cm³/mol. The van der Waals surface area contributed by atoms with Crippen molar-refractivity contribution in [2.75, 3.05) is 32.7 Å². The van der Waals surface area contributed by atoms with Crippen LogP contribution in [0.5, 0.6) is 0 Å². The molecule has 1 atom stereocenters. The number of nitrogens with one attached hydrogen (secondary N) is 1. The first-order chi connectivity index (χ1) is 12.0. The van der Waals surface area contributed by atoms with E-state index in [4.69, 9.17) is 4.52 Å². The molecular weight excluding hydrogens is 358 g/mol. The summed E-state index contributed by atoms with van der Waals surface area (Å²) in [6, 6.07) is 0.142. The number of carbonyl (C=O) groups is 2. The molecule has 0 aliphatic carbocycles. The molecule has 8 nitrogen and oxygen atoms in total. The molecule has 0 aromatic carbocycles. The Kier molecular flexibility index (Phi) is 7.40. The van der Waals surface area contributed by atoms with Gasteiger partial charge in [0.15, 0.2) is 5.82 Å². The number of piperazine rings is 1. The molecule has 1 N–H and O–H groups in total. The van der Waals surface area contributed by atoms with E-state index >= 15 is 0 Å². The van der Waals surface area contributed by atoms with Crippen molar-refractivity contribution >= 4 is 24.2 Å². The van der Waals surface area contributed by atoms with Gasteiger partial charge in [0, 0.05) is 51.0 Å². The van der Waals surface area contributed by atoms with Crippen LogP contribution in [0, 0.1) is 0 Å². The summed E-state index contributed by atoms with van der Waals surface area (Å²) in [5, 5.41) is 7.02. The molecule has 9 heteroatoms. The maximum atomic E-state index is 12.5. The Morgan fingerprint density at radius 3 is 2.88 bits per heavy atom. The Balaban J connectivity index is 0.00000243. The van der Waals surface area contributed by atoms with Crippen molar-refractivity contribution in [3.8, 4) is 0 Å². The van der Waals surface area contributed by atoms with E-state index < -0.39 is 0 Å². The van der Waals surface area contributed by atoms with Crippen LogP contribution in [0.2, 0.25) is 0 Å². The summed E-state index contributed by atoms with van der Waals surface area (Å²) >= 11 is 0. The van der Waals surface area contributed by atoms with Crippen molar-refractivity contribution in [3.05, 3.63) is 11.7 Å². The Bertz CT molecular complexity index is 621. The third-order valence-corrected chi connectivity index (χ3v) is 4.87. The van der Waals surface area contributed by atoms with Crippen LogP contribution in [0.4, 0.5) is 0 Å². The first-order valence-electron chi connectivity index (χ1n) is 9.15. The van der Waals surface area contributed by atoms with Crippen molar-refractivity contribution in [2.24, 2.45) is 0 Å². The van der Waals surface area contributed by atoms with E-state index in [1.54, 1.807) is 0 Å². The number of aromatic nitrogens is 2. The number of amides is 2. The van der Waals surface area contributed by atoms with Crippen LogP contribution in [-0.4, -0.2) is 70.5 Å². The van der Waals surface area contributed by atoms with Gasteiger partial charge in [-0.3, -0.25) is 9.59 Å². The van der Waals surface area contributed by atoms with Crippen LogP contribution < -0.4 is 5.32 Å². The van der Waals surface area contributed by atoms with Crippen LogP contribution in [0.1, 0.15) is 50.7 Å². The molecule has 0 saturated carbocycles. The molecule has 2 fully saturated rings. The van der Waals surface area contributed by atoms with E-state index in [-0.39, 0.29) is 36.2 Å². The maximum Gasteiger partial charge on any atom is 0.236 e. The molecule has 2 saturated heterocycles. The second kappa shape index (κ2) is 9.32. The minimum absolute atomic E-state index is 0. The quantitative estimate of drug-likeness (QED) is 0.812. The Labute approximate surface area is 160 Å². The molecular formula is C17H28ClN5O3. The van der Waals surface area contributed by atoms with Crippen LogP contribution in [-0.2, 0) is 16.0 Å². The van der Waals surface area contributed by atoms with Gasteiger partial charge in [-0.2, -0.15) is 4.98 Å². The van der Waals surface area contributed by atoms with Gasteiger partial charge in [-0.25, -0.2) is 0 Å². The van der Waals surface area contributed by atoms with E-state index in [1.165, 1.54) is 0 Å². The molecule has 26 heavy (non-hydrogen) atoms. The molecule has 2 aliphatic rings. The molecule has 1 aromatic rings. The summed E-state index contributed by atoms with van der Waals surface area (Å²) in [5.41, 5.74) is 0. The van der Waals surface area contributed by atoms with E-state index in [0.717, 1.165) is 32.5 Å². The van der Waals surface area contributed by atoms with Gasteiger partial charge in [-0.1, -0.05) is 19.0 Å². The summed E-state index contributed by atoms with van der Waals surface area (Å²) in [5.74, 6) is 1.64. The summed E-state index contributed by atoms with van der Waals surface area (Å²) < 4.78 is 5.20. The summed E-state index contributed by atoms with van der Waals surface area (Å²) in [6.45, 7) is 7.36. The van der Waals surface area contributed by atoms with Crippen LogP contribution >= 0.6 is 12.4 Å². The maximum absolute atomic E-state index is 12.5. The predicted octanol–water partition coefficient (Wildman–Crippen LogP) is 0.970. The fourth-order valence-corrected chi connectivity index (χ4v) is 3.42. The van der Waals surface area contributed by atoms with Gasteiger partial charge in [0.25, 0.3) is 0 Å². The standard InChI is InChI=1S/C17H27N5O3.ClH/c1-12(2)17-19-14(25-20-17)5-6-15(23)21-8-3-4-13(11-21)22-9-7-18-10-16(22)24;/h12-13,18H,3-11H2,1-2H3;1H. The average Bonchev–Trinajstić information content (AvgIpc) is 3.09. The first-order valence-corrected chi connectivity index (χ1v) is 9.15. The number of carbonyl (C=O) groups excluding carboxylic acids is 2. The minimum atomic E-state index is 0. The van der Waals surface area contributed by atoms with Crippen LogP contribution in [0.3, 0.4) is 0 Å². The minimum Gasteiger partial charge on any atom is -0.341 e. The second-order valence-electron chi connectivity index (χ2n) is 7.10. The van der Waals surface area contributed by atoms with Crippen molar-refractivity contribution in [3.63, 3.8) is 0 Å². The number of nitrogens with zero attached hydrogens (tertiary/aromatic N) is 4. The molecule has 0 radical (unpaired) electrons. The van der Waals surface area contributed by atoms with Crippen molar-refractivity contribution in [1.29, 1.82) is 0 Å². The summed E-state index contributed by atoms with van der Waals surface area (Å²) in [7, 11) is 0. The number of hydrogen-bond donors (Lipinski definition) is 1. The zero-order valence-corrected chi connectivity index (χ0v) is 16.3. The highest BCUT2D eigenvalue weighted by molar-refractivity contribution is 5.85. The van der Waals surface area contributed by atoms with Crippen molar-refractivity contribution in [2.45, 2.75) is 51.5 Å². The number of rotatable bonds is 5. The van der Waals surface area contributed by atoms with E-state index in [0.29, 0.717) is 37.6 Å². The molecule has 1 aromatic heterocycles. The van der Waals surface area contributed by atoms with Gasteiger partial charge in [-0.15, -0.1) is 12.4 Å². The van der Waals surface area contributed by atoms with E-state index in [9.17, 15) is 9.59 Å². The Hall–Kier alpha value is -1.67. The van der Waals surface area contributed by atoms with Crippen LogP contribution in [0.15, 0.2) is 4.52 Å². The number of aryl methyl sites for hydroxylation is 1. The van der Waals surface area contributed by atoms with Crippen molar-refractivity contribution < 1.29 is 14.1 Å². The molecule has 3 rings (SSSR count). The SMILES string of the molecule is CC(C)c1noc(CCC(=O)N2CCCC(N3CCNCC3=O)C2)n1.Cl. The molecule has 0 bridgehead atoms. The second-order valence-corrected chi connectivity index (χ2v) is 7.10. The molecule has 0 spiro atoms. The molecule has 1 unspecified atom stereocenters. The topological polar surface area (TPSA) is 91.6 Å². The fourth-order valence-electron chi connectivity index (χ4n) is 3.42. The van der Waals surface area contributed by atoms with E-state index in [2.05, 4.69) is 15.5 Å². The summed E-state index contributed by atoms with van der Waals surface area (Å²) in [4.78, 5) is 32.7. The van der Waals surface area contributed by atoms with Crippen molar-refractivity contribution in [1.82, 2.24) is 25.3 Å². The normalized spacial score (nSPS) is 21.0. The van der Waals surface area contributed by atoms with Gasteiger partial charge in [-0.05, 0) is 12.8 Å². The lowest BCUT2D eigenvalue weighted by atomic mass is 10.0. The number of likely N-dealkylation sites (tertiary alicyclic amines) is 1. The van der Waals surface area contributed by atoms with Gasteiger partial charge < -0.3 is 19.6 Å². The molecule has 3 heterocycles. The Morgan fingerprint density at radius 2 is 2.19 bits per heavy atom. The fraction of sp³-hybridized carbons (Fsp3) is 0.765. The lowest BCUT2D eigenvalue weighted by Crippen LogP contribution is -2.57. The highest BCUT2D eigenvalue weighted by Crippen LogP contribution is 2.18. The van der Waals surface area contributed by atoms with Gasteiger partial charge in [0.05, 0.1) is 6.54 Å². The smallest absolute Gasteiger partial charge is 0.236 e. The number of piperidine rings is 1. The average molecular weight is 386 g/mol. The van der Waals surface area contributed by atoms with E-state index in [1.807, 2.05) is 23.6 Å². The highest BCUT2D eigenvalue weighted by atomic mass is 35.5. The van der Waals surface area contributed by atoms with Crippen LogP contribution in [0.25, 0.3) is 0 Å². The monoisotopic (exact) mass is 385 g/mol. The number of halogens is 1. The lowest BCUT2D eigenvalue weighted by Gasteiger charge is -2.41. The van der Waals surface area contributed by atoms with Gasteiger partial charge >= 0.3 is 0 Å². The zero-order valence-electron chi connectivity index (χ0n) is 15.4. The lowest BCUT2D eigenvalue weighted by molar-refractivity contribution is -0.140. The third-order valence-electron chi connectivity index (χ3n) is 4.87. The molecule has 146 valence electrons. The Morgan fingerprint density at radius 1 is 1.38 bits per heavy atom. The zero-order chi connectivity index (χ0) is 17.8. The highest BCUT2D eigenvalue weighted by Gasteiger charge is 2.31. The van der Waals surface area contributed by atoms with Gasteiger partial charge in [0.2, 0.25) is 17.7 Å². The molecule has 2 aliphatic heterocycles. The molecule has 2 amide bonds. The number of hydrogen-bond acceptors (Lipinski definition) is 6. The first kappa shape index (κ1) is 20.6. The third kappa shape index (κ3) is 4.94. The summed E-state index contributed by atoms with van der Waals surface area (Å²) in [6.07, 6.45) is 2.73.